The molecule has 1 aliphatic heterocycles. The van der Waals surface area contributed by atoms with Crippen molar-refractivity contribution in [1.29, 1.82) is 0 Å². The quantitative estimate of drug-likeness (QED) is 0.506. The first-order valence-electron chi connectivity index (χ1n) is 10.7. The predicted octanol–water partition coefficient (Wildman–Crippen LogP) is 3.96. The summed E-state index contributed by atoms with van der Waals surface area (Å²) in [5.41, 5.74) is 1.62. The summed E-state index contributed by atoms with van der Waals surface area (Å²) in [6.45, 7) is 1.02. The van der Waals surface area contributed by atoms with E-state index in [1.165, 1.54) is 6.08 Å². The fraction of sp³-hybridized carbons (Fsp3) is 0.192. The maximum absolute atomic E-state index is 13.2. The summed E-state index contributed by atoms with van der Waals surface area (Å²) in [7, 11) is 1.56. The van der Waals surface area contributed by atoms with Gasteiger partial charge < -0.3 is 19.3 Å². The fourth-order valence-electron chi connectivity index (χ4n) is 3.96. The number of rotatable bonds is 9. The molecule has 0 saturated heterocycles. The zero-order valence-corrected chi connectivity index (χ0v) is 18.3. The predicted molar refractivity (Wildman–Crippen MR) is 124 cm³/mol. The average molecular weight is 444 g/mol. The fourth-order valence-corrected chi connectivity index (χ4v) is 3.96. The SMILES string of the molecule is COc1cccc(C2C(C(=O)/C=C/c3ccccc3)=C(O)C(=O)N2CCCn2ccnc2)c1. The highest BCUT2D eigenvalue weighted by molar-refractivity contribution is 6.14. The number of carbonyl (C=O) groups excluding carboxylic acids is 2. The number of amides is 1. The Morgan fingerprint density at radius 3 is 2.70 bits per heavy atom. The standard InChI is InChI=1S/C26H25N3O4/c1-33-21-10-5-9-20(17-21)24-23(22(30)12-11-19-7-3-2-4-8-19)25(31)26(32)29(24)15-6-14-28-16-13-27-18-28/h2-5,7-13,16-18,24,31H,6,14-15H2,1H3/b12-11+. The first kappa shape index (κ1) is 22.1. The maximum atomic E-state index is 13.2. The summed E-state index contributed by atoms with van der Waals surface area (Å²) >= 11 is 0. The Hall–Kier alpha value is -4.13. The molecule has 0 fully saturated rings. The number of hydrogen-bond donors (Lipinski definition) is 1. The van der Waals surface area contributed by atoms with Gasteiger partial charge in [0.25, 0.3) is 5.91 Å². The van der Waals surface area contributed by atoms with E-state index in [-0.39, 0.29) is 5.57 Å². The molecule has 0 bridgehead atoms. The van der Waals surface area contributed by atoms with Gasteiger partial charge in [-0.2, -0.15) is 0 Å². The van der Waals surface area contributed by atoms with E-state index < -0.39 is 23.5 Å². The van der Waals surface area contributed by atoms with Crippen LogP contribution in [0.3, 0.4) is 0 Å². The third-order valence-electron chi connectivity index (χ3n) is 5.58. The molecule has 0 radical (unpaired) electrons. The van der Waals surface area contributed by atoms with E-state index in [2.05, 4.69) is 4.98 Å². The molecule has 33 heavy (non-hydrogen) atoms. The Labute approximate surface area is 192 Å². The molecule has 0 saturated carbocycles. The van der Waals surface area contributed by atoms with E-state index in [4.69, 9.17) is 4.74 Å². The number of allylic oxidation sites excluding steroid dienone is 1. The second-order valence-corrected chi connectivity index (χ2v) is 7.70. The van der Waals surface area contributed by atoms with Crippen LogP contribution in [0, 0.1) is 0 Å². The van der Waals surface area contributed by atoms with Crippen LogP contribution in [0.15, 0.2) is 90.7 Å². The Kier molecular flexibility index (Phi) is 6.69. The Morgan fingerprint density at radius 2 is 1.97 bits per heavy atom. The number of nitrogens with zero attached hydrogens (tertiary/aromatic N) is 3. The van der Waals surface area contributed by atoms with E-state index in [1.54, 1.807) is 48.8 Å². The van der Waals surface area contributed by atoms with Crippen molar-refractivity contribution in [2.75, 3.05) is 13.7 Å². The topological polar surface area (TPSA) is 84.7 Å². The van der Waals surface area contributed by atoms with Gasteiger partial charge in [0.2, 0.25) is 0 Å². The second-order valence-electron chi connectivity index (χ2n) is 7.70. The van der Waals surface area contributed by atoms with Crippen LogP contribution in [0.2, 0.25) is 0 Å². The minimum absolute atomic E-state index is 0.0723. The molecule has 1 amide bonds. The molecule has 1 aliphatic rings. The zero-order chi connectivity index (χ0) is 23.2. The lowest BCUT2D eigenvalue weighted by Gasteiger charge is -2.27. The second kappa shape index (κ2) is 9.99. The molecule has 7 heteroatoms. The number of imidazole rings is 1. The molecule has 3 aromatic rings. The van der Waals surface area contributed by atoms with Gasteiger partial charge in [-0.25, -0.2) is 4.98 Å². The third kappa shape index (κ3) is 4.87. The van der Waals surface area contributed by atoms with E-state index in [9.17, 15) is 14.7 Å². The van der Waals surface area contributed by atoms with Crippen molar-refractivity contribution in [2.24, 2.45) is 0 Å². The number of ether oxygens (including phenoxy) is 1. The Morgan fingerprint density at radius 1 is 1.15 bits per heavy atom. The summed E-state index contributed by atoms with van der Waals surface area (Å²) in [5, 5.41) is 10.7. The molecule has 1 atom stereocenters. The number of aliphatic hydroxyl groups is 1. The van der Waals surface area contributed by atoms with Crippen LogP contribution < -0.4 is 4.74 Å². The van der Waals surface area contributed by atoms with Crippen molar-refractivity contribution in [2.45, 2.75) is 19.0 Å². The van der Waals surface area contributed by atoms with Crippen molar-refractivity contribution >= 4 is 17.8 Å². The number of benzene rings is 2. The van der Waals surface area contributed by atoms with Gasteiger partial charge in [-0.05, 0) is 35.8 Å². The highest BCUT2D eigenvalue weighted by Gasteiger charge is 2.42. The number of aliphatic hydroxyl groups excluding tert-OH is 1. The van der Waals surface area contributed by atoms with Gasteiger partial charge >= 0.3 is 0 Å². The molecule has 7 nitrogen and oxygen atoms in total. The lowest BCUT2D eigenvalue weighted by molar-refractivity contribution is -0.129. The van der Waals surface area contributed by atoms with Crippen LogP contribution in [0.1, 0.15) is 23.6 Å². The van der Waals surface area contributed by atoms with Crippen LogP contribution >= 0.6 is 0 Å². The average Bonchev–Trinajstić information content (AvgIpc) is 3.45. The minimum Gasteiger partial charge on any atom is -0.503 e. The zero-order valence-electron chi connectivity index (χ0n) is 18.3. The minimum atomic E-state index is -0.705. The van der Waals surface area contributed by atoms with Crippen molar-refractivity contribution < 1.29 is 19.4 Å². The highest BCUT2D eigenvalue weighted by atomic mass is 16.5. The smallest absolute Gasteiger partial charge is 0.290 e. The molecular weight excluding hydrogens is 418 g/mol. The molecule has 4 rings (SSSR count). The number of aromatic nitrogens is 2. The molecule has 2 aromatic carbocycles. The van der Waals surface area contributed by atoms with E-state index in [0.29, 0.717) is 30.8 Å². The van der Waals surface area contributed by atoms with Crippen LogP contribution in [0.4, 0.5) is 0 Å². The first-order chi connectivity index (χ1) is 16.1. The Bertz CT molecular complexity index is 1180. The molecule has 1 aromatic heterocycles. The maximum Gasteiger partial charge on any atom is 0.290 e. The van der Waals surface area contributed by atoms with Crippen molar-refractivity contribution in [3.63, 3.8) is 0 Å². The molecule has 1 unspecified atom stereocenters. The lowest BCUT2D eigenvalue weighted by atomic mass is 9.95. The van der Waals surface area contributed by atoms with Gasteiger partial charge in [0.15, 0.2) is 11.5 Å². The largest absolute Gasteiger partial charge is 0.503 e. The van der Waals surface area contributed by atoms with Gasteiger partial charge in [-0.1, -0.05) is 48.5 Å². The van der Waals surface area contributed by atoms with E-state index in [1.807, 2.05) is 47.2 Å². The van der Waals surface area contributed by atoms with Crippen LogP contribution in [0.25, 0.3) is 6.08 Å². The number of hydrogen-bond acceptors (Lipinski definition) is 5. The van der Waals surface area contributed by atoms with Crippen molar-refractivity contribution in [3.8, 4) is 5.75 Å². The van der Waals surface area contributed by atoms with Gasteiger partial charge in [0.1, 0.15) is 5.75 Å². The van der Waals surface area contributed by atoms with Crippen LogP contribution in [-0.2, 0) is 16.1 Å². The van der Waals surface area contributed by atoms with Gasteiger partial charge in [0, 0.05) is 25.5 Å². The lowest BCUT2D eigenvalue weighted by Crippen LogP contribution is -2.32. The summed E-state index contributed by atoms with van der Waals surface area (Å²) in [6, 6.07) is 15.9. The van der Waals surface area contributed by atoms with Crippen molar-refractivity contribution in [1.82, 2.24) is 14.5 Å². The Balaban J connectivity index is 1.64. The van der Waals surface area contributed by atoms with Crippen LogP contribution in [-0.4, -0.2) is 44.9 Å². The molecule has 2 heterocycles. The van der Waals surface area contributed by atoms with E-state index >= 15 is 0 Å². The number of ketones is 1. The number of aryl methyl sites for hydroxylation is 1. The molecule has 1 N–H and O–H groups in total. The van der Waals surface area contributed by atoms with Gasteiger partial charge in [-0.3, -0.25) is 9.59 Å². The first-order valence-corrected chi connectivity index (χ1v) is 10.7. The number of carbonyl (C=O) groups is 2. The van der Waals surface area contributed by atoms with E-state index in [0.717, 1.165) is 5.56 Å². The monoisotopic (exact) mass is 443 g/mol. The molecule has 0 aliphatic carbocycles. The summed E-state index contributed by atoms with van der Waals surface area (Å²) < 4.78 is 7.26. The number of methoxy groups -OCH3 is 1. The molecule has 168 valence electrons. The summed E-state index contributed by atoms with van der Waals surface area (Å²) in [4.78, 5) is 31.8. The van der Waals surface area contributed by atoms with Crippen molar-refractivity contribution in [3.05, 3.63) is 102 Å². The normalized spacial score (nSPS) is 16.1. The summed E-state index contributed by atoms with van der Waals surface area (Å²) in [6.07, 6.45) is 8.98. The van der Waals surface area contributed by atoms with Crippen LogP contribution in [0.5, 0.6) is 5.75 Å². The molecular formula is C26H25N3O4. The third-order valence-corrected chi connectivity index (χ3v) is 5.58. The molecule has 0 spiro atoms. The van der Waals surface area contributed by atoms with Gasteiger partial charge in [0.05, 0.1) is 25.1 Å². The van der Waals surface area contributed by atoms with Gasteiger partial charge in [-0.15, -0.1) is 0 Å². The highest BCUT2D eigenvalue weighted by Crippen LogP contribution is 2.39. The summed E-state index contributed by atoms with van der Waals surface area (Å²) in [5.74, 6) is -0.857.